The zero-order valence-electron chi connectivity index (χ0n) is 22.8. The van der Waals surface area contributed by atoms with Gasteiger partial charge in [0, 0.05) is 0 Å². The Balaban J connectivity index is 1.10. The van der Waals surface area contributed by atoms with E-state index in [4.69, 9.17) is 58.9 Å². The highest BCUT2D eigenvalue weighted by Gasteiger charge is 2.65. The van der Waals surface area contributed by atoms with Crippen molar-refractivity contribution in [1.29, 1.82) is 0 Å². The summed E-state index contributed by atoms with van der Waals surface area (Å²) in [4.78, 5) is 24.5. The van der Waals surface area contributed by atoms with Crippen LogP contribution in [0.15, 0.2) is 25.3 Å². The zero-order chi connectivity index (χ0) is 31.3. The molecule has 8 heterocycles. The summed E-state index contributed by atoms with van der Waals surface area (Å²) in [6.45, 7) is -1.37. The van der Waals surface area contributed by atoms with Crippen molar-refractivity contribution < 1.29 is 45.8 Å². The van der Waals surface area contributed by atoms with E-state index < -0.39 is 76.8 Å². The van der Waals surface area contributed by atoms with Crippen LogP contribution in [0.5, 0.6) is 0 Å². The summed E-state index contributed by atoms with van der Waals surface area (Å²) in [5, 5.41) is 0. The molecule has 0 aliphatic carbocycles. The molecule has 45 heavy (non-hydrogen) atoms. The van der Waals surface area contributed by atoms with Crippen LogP contribution in [0.1, 0.15) is 12.5 Å². The molecule has 8 rings (SSSR count). The van der Waals surface area contributed by atoms with Crippen LogP contribution in [0, 0.1) is 0 Å². The molecule has 10 atom stereocenters. The molecule has 24 heteroatoms. The third-order valence-corrected chi connectivity index (χ3v) is 10.1. The van der Waals surface area contributed by atoms with E-state index in [1.807, 2.05) is 0 Å². The number of alkyl halides is 1. The Labute approximate surface area is 254 Å². The second-order valence-electron chi connectivity index (χ2n) is 10.8. The average molecular weight is 660 g/mol. The van der Waals surface area contributed by atoms with Gasteiger partial charge in [0.1, 0.15) is 53.7 Å². The molecule has 4 radical (unpaired) electrons. The molecule has 4 aromatic heterocycles. The number of hydrogen-bond acceptors (Lipinski definition) is 17. The second kappa shape index (κ2) is 10.2. The van der Waals surface area contributed by atoms with Crippen molar-refractivity contribution in [2.45, 2.75) is 48.6 Å². The maximum atomic E-state index is 16.0. The largest absolute Gasteiger partial charge is 0.382 e. The van der Waals surface area contributed by atoms with Crippen molar-refractivity contribution in [2.24, 2.45) is 0 Å². The molecular formula is C21H21B2FN10O9P2. The second-order valence-corrected chi connectivity index (χ2v) is 13.9. The summed E-state index contributed by atoms with van der Waals surface area (Å²) < 4.78 is 86.3. The lowest BCUT2D eigenvalue weighted by Crippen LogP contribution is -2.46. The molecule has 0 aromatic carbocycles. The van der Waals surface area contributed by atoms with Gasteiger partial charge in [-0.2, -0.15) is 0 Å². The Morgan fingerprint density at radius 3 is 2.13 bits per heavy atom. The fourth-order valence-corrected chi connectivity index (χ4v) is 8.03. The first-order valence-electron chi connectivity index (χ1n) is 13.3. The fraction of sp³-hybridized carbons (Fsp3) is 0.524. The predicted octanol–water partition coefficient (Wildman–Crippen LogP) is 0.103. The van der Waals surface area contributed by atoms with Crippen LogP contribution in [0.4, 0.5) is 16.0 Å². The van der Waals surface area contributed by atoms with Gasteiger partial charge in [-0.3, -0.25) is 18.3 Å². The molecule has 4 saturated heterocycles. The smallest absolute Gasteiger partial charge is 0.264 e. The van der Waals surface area contributed by atoms with E-state index in [1.165, 1.54) is 34.4 Å². The highest BCUT2D eigenvalue weighted by atomic mass is 31.2. The summed E-state index contributed by atoms with van der Waals surface area (Å²) in [6.07, 6.45) is -4.53. The average Bonchev–Trinajstić information content (AvgIpc) is 3.80. The van der Waals surface area contributed by atoms with E-state index in [0.29, 0.717) is 11.2 Å². The van der Waals surface area contributed by atoms with Crippen molar-refractivity contribution in [3.63, 3.8) is 0 Å². The SMILES string of the molecule is [B]P1(=O)OC[C@@]23COC([C@H](n4cnc5c(N)ncnc54)O2)[C@H]3OP([B])(=O)OC[C@H]2O[C@@H](n3cnc4c(N)ncnc43)[C@@H](F)C2O1. The summed E-state index contributed by atoms with van der Waals surface area (Å²) in [6, 6.07) is 0. The van der Waals surface area contributed by atoms with Gasteiger partial charge in [-0.1, -0.05) is 0 Å². The van der Waals surface area contributed by atoms with Crippen LogP contribution in [0.2, 0.25) is 0 Å². The number of nitrogens with two attached hydrogens (primary N) is 2. The summed E-state index contributed by atoms with van der Waals surface area (Å²) in [5.74, 6) is 0.193. The quantitative estimate of drug-likeness (QED) is 0.214. The number of aromatic nitrogens is 8. The number of imidazole rings is 2. The van der Waals surface area contributed by atoms with Crippen LogP contribution < -0.4 is 11.5 Å². The number of nitrogens with zero attached hydrogens (tertiary/aromatic N) is 8. The van der Waals surface area contributed by atoms with Gasteiger partial charge in [0.25, 0.3) is 14.9 Å². The standard InChI is InChI=1S/C21H21B2FN10O9P2/c22-44(35)38-1-8-12(9(24)19(40-8)33-6-31-10-15(25)27-4-29-17(10)33)42-45(23,36)39-3-21-2-37-13(14(21)43-44)20(41-21)34-7-32-11-16(26)28-5-30-18(11)34/h4-9,12-14,19-20H,1-3H2,(H2,25,27,29)(H2,26,28,30)/t8-,9+,12?,13?,14-,19-,20-,21-,44?,45?/m1/s1. The monoisotopic (exact) mass is 660 g/mol. The molecule has 2 bridgehead atoms. The Morgan fingerprint density at radius 1 is 0.844 bits per heavy atom. The molecule has 0 saturated carbocycles. The summed E-state index contributed by atoms with van der Waals surface area (Å²) in [5.41, 5.74) is 11.2. The highest BCUT2D eigenvalue weighted by molar-refractivity contribution is 7.79. The van der Waals surface area contributed by atoms with E-state index in [1.54, 1.807) is 0 Å². The minimum atomic E-state index is -4.54. The number of nitrogen functional groups attached to an aromatic ring is 2. The van der Waals surface area contributed by atoms with Crippen LogP contribution in [0.3, 0.4) is 0 Å². The third-order valence-electron chi connectivity index (χ3n) is 8.00. The van der Waals surface area contributed by atoms with Crippen molar-refractivity contribution in [1.82, 2.24) is 39.0 Å². The highest BCUT2D eigenvalue weighted by Crippen LogP contribution is 2.58. The first-order valence-corrected chi connectivity index (χ1v) is 16.6. The van der Waals surface area contributed by atoms with Crippen LogP contribution in [-0.2, 0) is 41.4 Å². The Bertz CT molecular complexity index is 1920. The number of ether oxygens (including phenoxy) is 3. The van der Waals surface area contributed by atoms with E-state index in [-0.39, 0.29) is 29.4 Å². The molecule has 4 N–H and O–H groups in total. The summed E-state index contributed by atoms with van der Waals surface area (Å²) in [7, 11) is 3.00. The lowest BCUT2D eigenvalue weighted by atomic mass is 10.0. The summed E-state index contributed by atoms with van der Waals surface area (Å²) >= 11 is 0. The van der Waals surface area contributed by atoms with Gasteiger partial charge < -0.3 is 43.8 Å². The van der Waals surface area contributed by atoms with E-state index >= 15 is 4.39 Å². The molecule has 4 aliphatic heterocycles. The Hall–Kier alpha value is -3.06. The van der Waals surface area contributed by atoms with Crippen molar-refractivity contribution in [3.05, 3.63) is 25.3 Å². The van der Waals surface area contributed by atoms with Gasteiger partial charge in [0.2, 0.25) is 15.1 Å². The van der Waals surface area contributed by atoms with Gasteiger partial charge in [0.05, 0.1) is 32.5 Å². The van der Waals surface area contributed by atoms with E-state index in [0.717, 1.165) is 0 Å². The maximum absolute atomic E-state index is 16.0. The van der Waals surface area contributed by atoms with Crippen LogP contribution >= 0.6 is 14.9 Å². The zero-order valence-corrected chi connectivity index (χ0v) is 24.6. The molecule has 4 aromatic rings. The van der Waals surface area contributed by atoms with Gasteiger partial charge in [-0.15, -0.1) is 0 Å². The van der Waals surface area contributed by atoms with Crippen molar-refractivity contribution in [3.8, 4) is 0 Å². The Kier molecular flexibility index (Phi) is 6.67. The molecule has 4 unspecified atom stereocenters. The van der Waals surface area contributed by atoms with Crippen LogP contribution in [-0.4, -0.2) is 110 Å². The number of rotatable bonds is 2. The molecular weight excluding hydrogens is 639 g/mol. The number of fused-ring (bicyclic) bond motifs is 3. The number of hydrogen-bond donors (Lipinski definition) is 2. The van der Waals surface area contributed by atoms with E-state index in [9.17, 15) is 9.13 Å². The van der Waals surface area contributed by atoms with E-state index in [2.05, 4.69) is 29.9 Å². The van der Waals surface area contributed by atoms with Crippen LogP contribution in [0.25, 0.3) is 22.3 Å². The van der Waals surface area contributed by atoms with Gasteiger partial charge in [-0.25, -0.2) is 34.3 Å². The minimum absolute atomic E-state index is 0.0607. The molecule has 232 valence electrons. The third kappa shape index (κ3) is 4.70. The normalized spacial score (nSPS) is 40.2. The first kappa shape index (κ1) is 29.3. The fourth-order valence-electron chi connectivity index (χ4n) is 5.93. The molecule has 4 fully saturated rings. The number of halogens is 1. The molecule has 0 amide bonds. The van der Waals surface area contributed by atoms with Gasteiger partial charge >= 0.3 is 0 Å². The lowest BCUT2D eigenvalue weighted by Gasteiger charge is -2.34. The van der Waals surface area contributed by atoms with Crippen molar-refractivity contribution >= 4 is 64.0 Å². The molecule has 0 spiro atoms. The first-order chi connectivity index (χ1) is 21.5. The lowest BCUT2D eigenvalue weighted by molar-refractivity contribution is -0.183. The maximum Gasteiger partial charge on any atom is 0.264 e. The molecule has 19 nitrogen and oxygen atoms in total. The van der Waals surface area contributed by atoms with Crippen molar-refractivity contribution in [2.75, 3.05) is 31.3 Å². The topological polar surface area (TPSA) is 238 Å². The van der Waals surface area contributed by atoms with Gasteiger partial charge in [0.15, 0.2) is 41.6 Å². The van der Waals surface area contributed by atoms with Gasteiger partial charge in [-0.05, 0) is 0 Å². The molecule has 4 aliphatic rings. The Morgan fingerprint density at radius 2 is 1.47 bits per heavy atom. The predicted molar refractivity (Wildman–Crippen MR) is 149 cm³/mol. The minimum Gasteiger partial charge on any atom is -0.382 e. The number of anilines is 2.